The molecule has 0 bridgehead atoms. The first-order chi connectivity index (χ1) is 14.1. The number of carbonyl (C=O) groups excluding carboxylic acids is 1. The summed E-state index contributed by atoms with van der Waals surface area (Å²) < 4.78 is 1.91. The van der Waals surface area contributed by atoms with Crippen molar-refractivity contribution >= 4 is 41.5 Å². The number of aromatic nitrogens is 2. The predicted octanol–water partition coefficient (Wildman–Crippen LogP) is 3.37. The molecule has 0 aliphatic heterocycles. The van der Waals surface area contributed by atoms with Crippen molar-refractivity contribution in [1.29, 1.82) is 0 Å². The summed E-state index contributed by atoms with van der Waals surface area (Å²) >= 11 is 0. The molecule has 0 radical (unpaired) electrons. The molecule has 0 saturated carbocycles. The molecule has 0 saturated heterocycles. The number of nitrogens with zero attached hydrogens (tertiary/aromatic N) is 3. The van der Waals surface area contributed by atoms with Crippen molar-refractivity contribution in [3.05, 3.63) is 83.7 Å². The summed E-state index contributed by atoms with van der Waals surface area (Å²) in [6.45, 7) is 3.48. The van der Waals surface area contributed by atoms with Crippen LogP contribution in [0.25, 0.3) is 0 Å². The van der Waals surface area contributed by atoms with E-state index in [2.05, 4.69) is 38.2 Å². The first-order valence-electron chi connectivity index (χ1n) is 9.49. The van der Waals surface area contributed by atoms with Crippen molar-refractivity contribution in [2.24, 2.45) is 4.99 Å². The summed E-state index contributed by atoms with van der Waals surface area (Å²) in [4.78, 5) is 15.5. The Balaban J connectivity index is 0.00000320. The van der Waals surface area contributed by atoms with Crippen LogP contribution in [0.4, 0.5) is 5.69 Å². The Morgan fingerprint density at radius 3 is 2.50 bits per heavy atom. The van der Waals surface area contributed by atoms with Gasteiger partial charge >= 0.3 is 0 Å². The van der Waals surface area contributed by atoms with Crippen LogP contribution in [0.2, 0.25) is 0 Å². The maximum Gasteiger partial charge on any atom is 0.221 e. The Morgan fingerprint density at radius 2 is 1.80 bits per heavy atom. The van der Waals surface area contributed by atoms with Crippen molar-refractivity contribution in [2.45, 2.75) is 26.6 Å². The Labute approximate surface area is 194 Å². The number of hydrogen-bond acceptors (Lipinski definition) is 3. The van der Waals surface area contributed by atoms with Crippen molar-refractivity contribution in [3.63, 3.8) is 0 Å². The zero-order valence-electron chi connectivity index (χ0n) is 17.1. The Hall–Kier alpha value is -2.88. The first-order valence-corrected chi connectivity index (χ1v) is 9.49. The molecule has 1 aromatic heterocycles. The quantitative estimate of drug-likeness (QED) is 0.255. The molecule has 2 aromatic carbocycles. The molecule has 7 nitrogen and oxygen atoms in total. The fourth-order valence-corrected chi connectivity index (χ4v) is 3.00. The third kappa shape index (κ3) is 7.18. The van der Waals surface area contributed by atoms with E-state index in [4.69, 9.17) is 0 Å². The minimum atomic E-state index is -0.0821. The van der Waals surface area contributed by atoms with E-state index < -0.39 is 0 Å². The first kappa shape index (κ1) is 23.4. The average Bonchev–Trinajstić information content (AvgIpc) is 3.22. The maximum atomic E-state index is 11.2. The van der Waals surface area contributed by atoms with Gasteiger partial charge in [0, 0.05) is 45.1 Å². The van der Waals surface area contributed by atoms with Crippen LogP contribution in [0.15, 0.2) is 72.0 Å². The van der Waals surface area contributed by atoms with E-state index in [0.29, 0.717) is 19.0 Å². The second kappa shape index (κ2) is 12.0. The van der Waals surface area contributed by atoms with Gasteiger partial charge in [-0.05, 0) is 34.9 Å². The molecule has 8 heteroatoms. The molecule has 3 rings (SSSR count). The van der Waals surface area contributed by atoms with Crippen LogP contribution in [0.1, 0.15) is 23.6 Å². The van der Waals surface area contributed by atoms with Gasteiger partial charge in [0.25, 0.3) is 0 Å². The molecule has 0 aliphatic rings. The standard InChI is InChI=1S/C22H26N6O.HI/c1-17(29)27-21-10-5-7-18(13-21)14-24-22(23-2)25-15-19-8-3-4-9-20(19)16-28-12-6-11-26-28;/h3-13H,14-16H2,1-2H3,(H,27,29)(H2,23,24,25);1H. The van der Waals surface area contributed by atoms with E-state index in [1.165, 1.54) is 18.1 Å². The minimum Gasteiger partial charge on any atom is -0.352 e. The summed E-state index contributed by atoms with van der Waals surface area (Å²) in [5.74, 6) is 0.630. The summed E-state index contributed by atoms with van der Waals surface area (Å²) in [7, 11) is 1.75. The third-order valence-corrected chi connectivity index (χ3v) is 4.39. The number of nitrogens with one attached hydrogen (secondary N) is 3. The van der Waals surface area contributed by atoms with Crippen LogP contribution in [-0.4, -0.2) is 28.7 Å². The topological polar surface area (TPSA) is 83.3 Å². The predicted molar refractivity (Wildman–Crippen MR) is 131 cm³/mol. The normalized spacial score (nSPS) is 10.8. The largest absolute Gasteiger partial charge is 0.352 e. The second-order valence-corrected chi connectivity index (χ2v) is 6.63. The molecule has 158 valence electrons. The lowest BCUT2D eigenvalue weighted by Crippen LogP contribution is -2.36. The molecule has 3 N–H and O–H groups in total. The molecule has 0 atom stereocenters. The van der Waals surface area contributed by atoms with Crippen molar-refractivity contribution < 1.29 is 4.79 Å². The van der Waals surface area contributed by atoms with Gasteiger partial charge in [0.2, 0.25) is 5.91 Å². The Kier molecular flexibility index (Phi) is 9.33. The van der Waals surface area contributed by atoms with E-state index in [0.717, 1.165) is 17.8 Å². The number of benzene rings is 2. The van der Waals surface area contributed by atoms with Crippen LogP contribution >= 0.6 is 24.0 Å². The zero-order valence-corrected chi connectivity index (χ0v) is 19.5. The summed E-state index contributed by atoms with van der Waals surface area (Å²) in [5, 5.41) is 13.8. The lowest BCUT2D eigenvalue weighted by molar-refractivity contribution is -0.114. The molecule has 0 fully saturated rings. The van der Waals surface area contributed by atoms with Gasteiger partial charge < -0.3 is 16.0 Å². The van der Waals surface area contributed by atoms with Gasteiger partial charge in [-0.15, -0.1) is 24.0 Å². The van der Waals surface area contributed by atoms with Gasteiger partial charge in [0.1, 0.15) is 0 Å². The highest BCUT2D eigenvalue weighted by Crippen LogP contribution is 2.11. The van der Waals surface area contributed by atoms with Gasteiger partial charge in [-0.3, -0.25) is 14.5 Å². The Bertz CT molecular complexity index is 971. The van der Waals surface area contributed by atoms with Crippen LogP contribution in [-0.2, 0) is 24.4 Å². The lowest BCUT2D eigenvalue weighted by Gasteiger charge is -2.15. The highest BCUT2D eigenvalue weighted by atomic mass is 127. The third-order valence-electron chi connectivity index (χ3n) is 4.39. The number of rotatable bonds is 7. The van der Waals surface area contributed by atoms with E-state index in [9.17, 15) is 4.79 Å². The molecular formula is C22H27IN6O. The van der Waals surface area contributed by atoms with Gasteiger partial charge in [-0.1, -0.05) is 36.4 Å². The van der Waals surface area contributed by atoms with E-state index in [1.54, 1.807) is 13.2 Å². The summed E-state index contributed by atoms with van der Waals surface area (Å²) in [5.41, 5.74) is 4.24. The van der Waals surface area contributed by atoms with Gasteiger partial charge in [0.15, 0.2) is 5.96 Å². The fourth-order valence-electron chi connectivity index (χ4n) is 3.00. The number of guanidine groups is 1. The van der Waals surface area contributed by atoms with Gasteiger partial charge in [-0.2, -0.15) is 5.10 Å². The number of aliphatic imine (C=N–C) groups is 1. The highest BCUT2D eigenvalue weighted by Gasteiger charge is 2.05. The molecular weight excluding hydrogens is 491 g/mol. The van der Waals surface area contributed by atoms with E-state index in [1.807, 2.05) is 53.3 Å². The second-order valence-electron chi connectivity index (χ2n) is 6.63. The zero-order chi connectivity index (χ0) is 20.5. The maximum absolute atomic E-state index is 11.2. The number of carbonyl (C=O) groups is 1. The molecule has 1 heterocycles. The molecule has 1 amide bonds. The van der Waals surface area contributed by atoms with Gasteiger partial charge in [-0.25, -0.2) is 0 Å². The van der Waals surface area contributed by atoms with Crippen LogP contribution < -0.4 is 16.0 Å². The van der Waals surface area contributed by atoms with Crippen LogP contribution in [0.5, 0.6) is 0 Å². The number of hydrogen-bond donors (Lipinski definition) is 3. The Morgan fingerprint density at radius 1 is 1.03 bits per heavy atom. The van der Waals surface area contributed by atoms with Crippen molar-refractivity contribution in [1.82, 2.24) is 20.4 Å². The van der Waals surface area contributed by atoms with Crippen LogP contribution in [0.3, 0.4) is 0 Å². The monoisotopic (exact) mass is 518 g/mol. The van der Waals surface area contributed by atoms with E-state index in [-0.39, 0.29) is 29.9 Å². The lowest BCUT2D eigenvalue weighted by atomic mass is 10.1. The molecule has 30 heavy (non-hydrogen) atoms. The average molecular weight is 518 g/mol. The molecule has 3 aromatic rings. The van der Waals surface area contributed by atoms with Crippen molar-refractivity contribution in [2.75, 3.05) is 12.4 Å². The van der Waals surface area contributed by atoms with E-state index >= 15 is 0 Å². The minimum absolute atomic E-state index is 0. The number of anilines is 1. The smallest absolute Gasteiger partial charge is 0.221 e. The summed E-state index contributed by atoms with van der Waals surface area (Å²) in [6.07, 6.45) is 3.74. The van der Waals surface area contributed by atoms with Crippen LogP contribution in [0, 0.1) is 0 Å². The molecule has 0 unspecified atom stereocenters. The highest BCUT2D eigenvalue weighted by molar-refractivity contribution is 14.0. The summed E-state index contributed by atoms with van der Waals surface area (Å²) in [6, 6.07) is 18.0. The molecule has 0 spiro atoms. The molecule has 0 aliphatic carbocycles. The fraction of sp³-hybridized carbons (Fsp3) is 0.227. The van der Waals surface area contributed by atoms with Crippen molar-refractivity contribution in [3.8, 4) is 0 Å². The SMILES string of the molecule is CN=C(NCc1cccc(NC(C)=O)c1)NCc1ccccc1Cn1cccn1.I. The number of amides is 1. The van der Waals surface area contributed by atoms with Gasteiger partial charge in [0.05, 0.1) is 6.54 Å². The number of halogens is 1.